The van der Waals surface area contributed by atoms with Gasteiger partial charge in [0.1, 0.15) is 11.6 Å². The third kappa shape index (κ3) is 2.11. The van der Waals surface area contributed by atoms with Crippen molar-refractivity contribution in [1.29, 1.82) is 0 Å². The van der Waals surface area contributed by atoms with Crippen molar-refractivity contribution in [2.75, 3.05) is 5.73 Å². The summed E-state index contributed by atoms with van der Waals surface area (Å²) in [5.74, 6) is 1.39. The van der Waals surface area contributed by atoms with Gasteiger partial charge in [0, 0.05) is 16.7 Å². The first-order chi connectivity index (χ1) is 9.15. The summed E-state index contributed by atoms with van der Waals surface area (Å²) in [4.78, 5) is 0. The summed E-state index contributed by atoms with van der Waals surface area (Å²) < 4.78 is 6.96. The number of anilines is 1. The first kappa shape index (κ1) is 11.9. The zero-order valence-corrected chi connectivity index (χ0v) is 11.1. The van der Waals surface area contributed by atoms with Crippen LogP contribution in [0.1, 0.15) is 5.76 Å². The third-order valence-corrected chi connectivity index (χ3v) is 3.19. The van der Waals surface area contributed by atoms with Gasteiger partial charge in [0.05, 0.1) is 17.6 Å². The predicted octanol–water partition coefficient (Wildman–Crippen LogP) is 3.68. The van der Waals surface area contributed by atoms with E-state index < -0.39 is 0 Å². The average Bonchev–Trinajstić information content (AvgIpc) is 2.96. The molecule has 0 spiro atoms. The van der Waals surface area contributed by atoms with Crippen LogP contribution < -0.4 is 5.73 Å². The van der Waals surface area contributed by atoms with E-state index in [0.717, 1.165) is 22.7 Å². The minimum atomic E-state index is 0.568. The number of aryl methyl sites for hydroxylation is 1. The normalized spacial score (nSPS) is 10.8. The fourth-order valence-electron chi connectivity index (χ4n) is 1.97. The molecule has 19 heavy (non-hydrogen) atoms. The molecular weight excluding hydrogens is 262 g/mol. The number of hydrogen-bond acceptors (Lipinski definition) is 3. The molecule has 0 saturated heterocycles. The molecule has 2 aromatic heterocycles. The number of nitrogen functional groups attached to an aromatic ring is 1. The number of nitrogens with zero attached hydrogens (tertiary/aromatic N) is 2. The molecule has 4 nitrogen and oxygen atoms in total. The maximum Gasteiger partial charge on any atom is 0.127 e. The Kier molecular flexibility index (Phi) is 2.80. The van der Waals surface area contributed by atoms with Crippen LogP contribution in [0.3, 0.4) is 0 Å². The van der Waals surface area contributed by atoms with Gasteiger partial charge in [-0.25, -0.2) is 4.68 Å². The van der Waals surface area contributed by atoms with E-state index in [1.165, 1.54) is 0 Å². The van der Waals surface area contributed by atoms with E-state index in [4.69, 9.17) is 21.8 Å². The second kappa shape index (κ2) is 4.48. The molecule has 3 aromatic rings. The Bertz CT molecular complexity index is 713. The number of aromatic nitrogens is 2. The van der Waals surface area contributed by atoms with E-state index in [-0.39, 0.29) is 0 Å². The summed E-state index contributed by atoms with van der Waals surface area (Å²) in [6.07, 6.45) is 1.64. The fraction of sp³-hybridized carbons (Fsp3) is 0.0714. The highest BCUT2D eigenvalue weighted by Crippen LogP contribution is 2.26. The molecule has 0 bridgehead atoms. The quantitative estimate of drug-likeness (QED) is 0.775. The van der Waals surface area contributed by atoms with Crippen molar-refractivity contribution in [3.8, 4) is 16.9 Å². The third-order valence-electron chi connectivity index (χ3n) is 2.94. The van der Waals surface area contributed by atoms with Crippen LogP contribution in [-0.2, 0) is 0 Å². The van der Waals surface area contributed by atoms with Gasteiger partial charge in [-0.15, -0.1) is 0 Å². The molecule has 5 heteroatoms. The standard InChI is InChI=1S/C14H12ClN3O/c1-9-12(6-7-19-9)13-8-14(16)18(17-13)11-4-2-10(15)3-5-11/h2-8H,16H2,1H3. The highest BCUT2D eigenvalue weighted by molar-refractivity contribution is 6.30. The van der Waals surface area contributed by atoms with Gasteiger partial charge < -0.3 is 10.2 Å². The van der Waals surface area contributed by atoms with Gasteiger partial charge in [-0.1, -0.05) is 11.6 Å². The molecule has 1 aromatic carbocycles. The SMILES string of the molecule is Cc1occc1-c1cc(N)n(-c2ccc(Cl)cc2)n1. The molecule has 0 atom stereocenters. The van der Waals surface area contributed by atoms with Crippen LogP contribution >= 0.6 is 11.6 Å². The van der Waals surface area contributed by atoms with Crippen LogP contribution in [0.4, 0.5) is 5.82 Å². The molecule has 0 amide bonds. The Morgan fingerprint density at radius 1 is 1.21 bits per heavy atom. The molecule has 0 fully saturated rings. The van der Waals surface area contributed by atoms with Crippen LogP contribution in [-0.4, -0.2) is 9.78 Å². The van der Waals surface area contributed by atoms with Crippen molar-refractivity contribution in [3.63, 3.8) is 0 Å². The molecular formula is C14H12ClN3O. The van der Waals surface area contributed by atoms with Crippen molar-refractivity contribution < 1.29 is 4.42 Å². The van der Waals surface area contributed by atoms with E-state index in [1.807, 2.05) is 31.2 Å². The molecule has 2 N–H and O–H groups in total. The Morgan fingerprint density at radius 2 is 1.95 bits per heavy atom. The van der Waals surface area contributed by atoms with Gasteiger partial charge in [0.25, 0.3) is 0 Å². The minimum absolute atomic E-state index is 0.568. The summed E-state index contributed by atoms with van der Waals surface area (Å²) >= 11 is 5.87. The van der Waals surface area contributed by atoms with E-state index in [9.17, 15) is 0 Å². The van der Waals surface area contributed by atoms with Crippen molar-refractivity contribution in [1.82, 2.24) is 9.78 Å². The number of benzene rings is 1. The minimum Gasteiger partial charge on any atom is -0.469 e. The number of nitrogens with two attached hydrogens (primary N) is 1. The Labute approximate surface area is 115 Å². The zero-order chi connectivity index (χ0) is 13.4. The maximum absolute atomic E-state index is 6.00. The lowest BCUT2D eigenvalue weighted by Crippen LogP contribution is -2.01. The van der Waals surface area contributed by atoms with Gasteiger partial charge in [-0.3, -0.25) is 0 Å². The fourth-order valence-corrected chi connectivity index (χ4v) is 2.09. The molecule has 0 unspecified atom stereocenters. The second-order valence-corrected chi connectivity index (χ2v) is 4.67. The zero-order valence-electron chi connectivity index (χ0n) is 10.3. The van der Waals surface area contributed by atoms with Gasteiger partial charge in [-0.05, 0) is 37.3 Å². The van der Waals surface area contributed by atoms with Crippen molar-refractivity contribution >= 4 is 17.4 Å². The van der Waals surface area contributed by atoms with Gasteiger partial charge in [0.2, 0.25) is 0 Å². The molecule has 0 aliphatic heterocycles. The molecule has 0 aliphatic rings. The smallest absolute Gasteiger partial charge is 0.127 e. The monoisotopic (exact) mass is 273 g/mol. The summed E-state index contributed by atoms with van der Waals surface area (Å²) in [5.41, 5.74) is 8.61. The molecule has 0 aliphatic carbocycles. The number of furan rings is 1. The van der Waals surface area contributed by atoms with Crippen molar-refractivity contribution in [3.05, 3.63) is 53.4 Å². The Hall–Kier alpha value is -2.20. The van der Waals surface area contributed by atoms with Gasteiger partial charge in [0.15, 0.2) is 0 Å². The van der Waals surface area contributed by atoms with Crippen LogP contribution in [0.25, 0.3) is 16.9 Å². The molecule has 0 radical (unpaired) electrons. The topological polar surface area (TPSA) is 57.0 Å². The first-order valence-corrected chi connectivity index (χ1v) is 6.19. The van der Waals surface area contributed by atoms with E-state index in [0.29, 0.717) is 10.8 Å². The van der Waals surface area contributed by atoms with Crippen molar-refractivity contribution in [2.45, 2.75) is 6.92 Å². The Balaban J connectivity index is 2.07. The van der Waals surface area contributed by atoms with Gasteiger partial charge in [-0.2, -0.15) is 5.10 Å². The summed E-state index contributed by atoms with van der Waals surface area (Å²) in [7, 11) is 0. The average molecular weight is 274 g/mol. The van der Waals surface area contributed by atoms with Gasteiger partial charge >= 0.3 is 0 Å². The van der Waals surface area contributed by atoms with Crippen LogP contribution in [0, 0.1) is 6.92 Å². The van der Waals surface area contributed by atoms with E-state index in [2.05, 4.69) is 5.10 Å². The lowest BCUT2D eigenvalue weighted by molar-refractivity contribution is 0.535. The lowest BCUT2D eigenvalue weighted by atomic mass is 10.2. The summed E-state index contributed by atoms with van der Waals surface area (Å²) in [6, 6.07) is 11.1. The summed E-state index contributed by atoms with van der Waals surface area (Å²) in [6.45, 7) is 1.90. The molecule has 2 heterocycles. The van der Waals surface area contributed by atoms with Crippen LogP contribution in [0.2, 0.25) is 5.02 Å². The van der Waals surface area contributed by atoms with E-state index in [1.54, 1.807) is 23.1 Å². The molecule has 0 saturated carbocycles. The summed E-state index contributed by atoms with van der Waals surface area (Å²) in [5, 5.41) is 5.18. The first-order valence-electron chi connectivity index (χ1n) is 5.81. The predicted molar refractivity (Wildman–Crippen MR) is 75.4 cm³/mol. The number of rotatable bonds is 2. The van der Waals surface area contributed by atoms with E-state index >= 15 is 0 Å². The molecule has 3 rings (SSSR count). The highest BCUT2D eigenvalue weighted by Gasteiger charge is 2.12. The second-order valence-electron chi connectivity index (χ2n) is 4.23. The number of hydrogen-bond donors (Lipinski definition) is 1. The highest BCUT2D eigenvalue weighted by atomic mass is 35.5. The van der Waals surface area contributed by atoms with Crippen LogP contribution in [0.5, 0.6) is 0 Å². The van der Waals surface area contributed by atoms with Crippen LogP contribution in [0.15, 0.2) is 47.1 Å². The lowest BCUT2D eigenvalue weighted by Gasteiger charge is -2.03. The Morgan fingerprint density at radius 3 is 2.58 bits per heavy atom. The largest absolute Gasteiger partial charge is 0.469 e. The molecule has 96 valence electrons. The van der Waals surface area contributed by atoms with Crippen molar-refractivity contribution in [2.24, 2.45) is 0 Å². The maximum atomic E-state index is 6.00. The number of halogens is 1.